The van der Waals surface area contributed by atoms with Gasteiger partial charge in [0.25, 0.3) is 0 Å². The van der Waals surface area contributed by atoms with Crippen molar-refractivity contribution in [1.29, 1.82) is 0 Å². The highest BCUT2D eigenvalue weighted by Gasteiger charge is 2.25. The Morgan fingerprint density at radius 2 is 1.93 bits per heavy atom. The molecule has 3 aromatic rings. The van der Waals surface area contributed by atoms with Gasteiger partial charge in [0.05, 0.1) is 24.8 Å². The Kier molecular flexibility index (Phi) is 5.39. The van der Waals surface area contributed by atoms with Crippen LogP contribution in [0.25, 0.3) is 11.0 Å². The number of halogens is 1. The van der Waals surface area contributed by atoms with Crippen LogP contribution in [0.4, 0.5) is 0 Å². The van der Waals surface area contributed by atoms with Crippen LogP contribution in [-0.2, 0) is 19.5 Å². The van der Waals surface area contributed by atoms with Crippen molar-refractivity contribution < 1.29 is 18.6 Å². The zero-order valence-corrected chi connectivity index (χ0v) is 17.3. The van der Waals surface area contributed by atoms with Gasteiger partial charge in [0.2, 0.25) is 0 Å². The number of rotatable bonds is 5. The maximum Gasteiger partial charge on any atom is 0.336 e. The molecular weight excluding hydrogens is 394 g/mol. The minimum atomic E-state index is -0.365. The molecule has 0 fully saturated rings. The maximum atomic E-state index is 12.1. The van der Waals surface area contributed by atoms with Crippen LogP contribution in [0.3, 0.4) is 0 Å². The lowest BCUT2D eigenvalue weighted by Crippen LogP contribution is -2.32. The van der Waals surface area contributed by atoms with Crippen molar-refractivity contribution in [1.82, 2.24) is 4.90 Å². The molecule has 0 unspecified atom stereocenters. The predicted molar refractivity (Wildman–Crippen MR) is 111 cm³/mol. The molecule has 1 aromatic heterocycles. The molecule has 0 aliphatic carbocycles. The van der Waals surface area contributed by atoms with Crippen molar-refractivity contribution in [3.05, 3.63) is 62.5 Å². The van der Waals surface area contributed by atoms with E-state index in [4.69, 9.17) is 30.2 Å². The first-order valence-corrected chi connectivity index (χ1v) is 9.76. The minimum Gasteiger partial charge on any atom is -0.493 e. The third kappa shape index (κ3) is 3.66. The van der Waals surface area contributed by atoms with Crippen LogP contribution in [0.2, 0.25) is 5.02 Å². The normalized spacial score (nSPS) is 13.8. The molecule has 0 radical (unpaired) electrons. The molecule has 6 nitrogen and oxygen atoms in total. The molecule has 0 N–H and O–H groups in total. The summed E-state index contributed by atoms with van der Waals surface area (Å²) in [6.07, 6.45) is 0.716. The van der Waals surface area contributed by atoms with E-state index in [1.54, 1.807) is 14.2 Å². The number of ether oxygens (including phenoxy) is 3. The zero-order chi connectivity index (χ0) is 20.5. The van der Waals surface area contributed by atoms with Gasteiger partial charge >= 0.3 is 5.63 Å². The van der Waals surface area contributed by atoms with E-state index in [9.17, 15) is 4.79 Å². The second-order valence-electron chi connectivity index (χ2n) is 6.94. The average molecular weight is 416 g/mol. The van der Waals surface area contributed by atoms with Crippen LogP contribution in [0, 0.1) is 0 Å². The Balaban J connectivity index is 1.70. The van der Waals surface area contributed by atoms with Gasteiger partial charge in [-0.25, -0.2) is 4.79 Å². The second kappa shape index (κ2) is 7.97. The molecule has 0 saturated carbocycles. The van der Waals surface area contributed by atoms with Gasteiger partial charge in [-0.1, -0.05) is 24.6 Å². The van der Waals surface area contributed by atoms with Crippen molar-refractivity contribution in [3.8, 4) is 17.2 Å². The molecule has 2 aromatic carbocycles. The summed E-state index contributed by atoms with van der Waals surface area (Å²) in [6.45, 7) is 3.56. The van der Waals surface area contributed by atoms with Crippen LogP contribution in [0.5, 0.6) is 17.2 Å². The van der Waals surface area contributed by atoms with Crippen molar-refractivity contribution in [3.63, 3.8) is 0 Å². The molecule has 1 aliphatic heterocycles. The first kappa shape index (κ1) is 19.6. The number of hydrogen-bond donors (Lipinski definition) is 0. The molecule has 7 heteroatoms. The lowest BCUT2D eigenvalue weighted by molar-refractivity contribution is 0.0890. The number of nitrogens with zero attached hydrogens (tertiary/aromatic N) is 1. The Morgan fingerprint density at radius 1 is 1.14 bits per heavy atom. The van der Waals surface area contributed by atoms with Crippen LogP contribution < -0.4 is 19.8 Å². The van der Waals surface area contributed by atoms with Gasteiger partial charge in [0, 0.05) is 24.5 Å². The molecule has 0 spiro atoms. The van der Waals surface area contributed by atoms with Gasteiger partial charge in [-0.15, -0.1) is 0 Å². The predicted octanol–water partition coefficient (Wildman–Crippen LogP) is 4.38. The lowest BCUT2D eigenvalue weighted by Gasteiger charge is -2.30. The van der Waals surface area contributed by atoms with Gasteiger partial charge in [-0.2, -0.15) is 0 Å². The third-order valence-electron chi connectivity index (χ3n) is 5.13. The van der Waals surface area contributed by atoms with E-state index in [-0.39, 0.29) is 5.63 Å². The summed E-state index contributed by atoms with van der Waals surface area (Å²) >= 11 is 6.48. The first-order chi connectivity index (χ1) is 14.0. The fraction of sp³-hybridized carbons (Fsp3) is 0.318. The number of hydrogen-bond acceptors (Lipinski definition) is 6. The highest BCUT2D eigenvalue weighted by molar-refractivity contribution is 6.33. The van der Waals surface area contributed by atoms with E-state index < -0.39 is 0 Å². The van der Waals surface area contributed by atoms with Gasteiger partial charge in [0.15, 0.2) is 11.5 Å². The summed E-state index contributed by atoms with van der Waals surface area (Å²) in [6, 6.07) is 9.16. The Morgan fingerprint density at radius 3 is 2.66 bits per heavy atom. The summed E-state index contributed by atoms with van der Waals surface area (Å²) in [4.78, 5) is 14.2. The first-order valence-electron chi connectivity index (χ1n) is 9.38. The van der Waals surface area contributed by atoms with Gasteiger partial charge in [-0.05, 0) is 35.7 Å². The smallest absolute Gasteiger partial charge is 0.336 e. The summed E-state index contributed by atoms with van der Waals surface area (Å²) < 4.78 is 22.2. The zero-order valence-electron chi connectivity index (χ0n) is 16.6. The molecule has 2 heterocycles. The van der Waals surface area contributed by atoms with E-state index in [0.29, 0.717) is 54.1 Å². The van der Waals surface area contributed by atoms with Crippen LogP contribution in [-0.4, -0.2) is 25.9 Å². The lowest BCUT2D eigenvalue weighted by atomic mass is 10.0. The SMILES string of the molecule is CCc1cc(=O)oc2c3c(c(Cl)cc12)OCN(Cc1ccc(OC)c(OC)c1)C3. The molecular formula is C22H22ClNO5. The number of benzene rings is 2. The van der Waals surface area contributed by atoms with Crippen LogP contribution in [0.1, 0.15) is 23.6 Å². The van der Waals surface area contributed by atoms with Crippen LogP contribution in [0.15, 0.2) is 39.5 Å². The standard InChI is InChI=1S/C22H22ClNO5/c1-4-14-8-20(25)29-21-15(14)9-17(23)22-16(21)11-24(12-28-22)10-13-5-6-18(26-2)19(7-13)27-3/h5-9H,4,10-12H2,1-3H3. The Bertz CT molecular complexity index is 1120. The van der Waals surface area contributed by atoms with E-state index in [1.165, 1.54) is 6.07 Å². The molecule has 152 valence electrons. The van der Waals surface area contributed by atoms with Crippen LogP contribution >= 0.6 is 11.6 Å². The molecule has 4 rings (SSSR count). The fourth-order valence-corrected chi connectivity index (χ4v) is 4.01. The Labute approximate surface area is 173 Å². The second-order valence-corrected chi connectivity index (χ2v) is 7.34. The molecule has 1 aliphatic rings. The molecule has 0 amide bonds. The minimum absolute atomic E-state index is 0.365. The van der Waals surface area contributed by atoms with Crippen molar-refractivity contribution >= 4 is 22.6 Å². The molecule has 0 saturated heterocycles. The Hall–Kier alpha value is -2.70. The van der Waals surface area contributed by atoms with Crippen molar-refractivity contribution in [2.24, 2.45) is 0 Å². The number of fused-ring (bicyclic) bond motifs is 3. The molecule has 29 heavy (non-hydrogen) atoms. The molecule has 0 atom stereocenters. The van der Waals surface area contributed by atoms with Gasteiger partial charge in [-0.3, -0.25) is 4.90 Å². The quantitative estimate of drug-likeness (QED) is 0.576. The average Bonchev–Trinajstić information content (AvgIpc) is 2.73. The molecule has 0 bridgehead atoms. The summed E-state index contributed by atoms with van der Waals surface area (Å²) in [5.41, 5.74) is 2.95. The topological polar surface area (TPSA) is 61.1 Å². The summed E-state index contributed by atoms with van der Waals surface area (Å²) in [5, 5.41) is 1.38. The summed E-state index contributed by atoms with van der Waals surface area (Å²) in [7, 11) is 3.23. The van der Waals surface area contributed by atoms with E-state index in [1.807, 2.05) is 31.2 Å². The monoisotopic (exact) mass is 415 g/mol. The van der Waals surface area contributed by atoms with Gasteiger partial charge in [0.1, 0.15) is 18.1 Å². The van der Waals surface area contributed by atoms with Crippen molar-refractivity contribution in [2.75, 3.05) is 21.0 Å². The largest absolute Gasteiger partial charge is 0.493 e. The third-order valence-corrected chi connectivity index (χ3v) is 5.41. The maximum absolute atomic E-state index is 12.1. The number of methoxy groups -OCH3 is 2. The number of aryl methyl sites for hydroxylation is 1. The fourth-order valence-electron chi connectivity index (χ4n) is 3.73. The highest BCUT2D eigenvalue weighted by atomic mass is 35.5. The highest BCUT2D eigenvalue weighted by Crippen LogP contribution is 2.40. The van der Waals surface area contributed by atoms with Gasteiger partial charge < -0.3 is 18.6 Å². The van der Waals surface area contributed by atoms with E-state index in [2.05, 4.69) is 4.90 Å². The van der Waals surface area contributed by atoms with E-state index in [0.717, 1.165) is 22.1 Å². The van der Waals surface area contributed by atoms with E-state index >= 15 is 0 Å². The van der Waals surface area contributed by atoms with Crippen molar-refractivity contribution in [2.45, 2.75) is 26.4 Å². The summed E-state index contributed by atoms with van der Waals surface area (Å²) in [5.74, 6) is 1.94.